The second kappa shape index (κ2) is 4.96. The van der Waals surface area contributed by atoms with Crippen molar-refractivity contribution < 1.29 is 14.7 Å². The van der Waals surface area contributed by atoms with Crippen LogP contribution in [0.3, 0.4) is 0 Å². The first-order chi connectivity index (χ1) is 7.06. The van der Waals surface area contributed by atoms with Crippen molar-refractivity contribution in [2.45, 2.75) is 19.8 Å². The van der Waals surface area contributed by atoms with Gasteiger partial charge in [-0.3, -0.25) is 9.59 Å². The van der Waals surface area contributed by atoms with E-state index >= 15 is 0 Å². The Morgan fingerprint density at radius 3 is 2.60 bits per heavy atom. The van der Waals surface area contributed by atoms with E-state index in [1.165, 1.54) is 4.90 Å². The molecule has 0 spiro atoms. The second-order valence-electron chi connectivity index (χ2n) is 4.03. The van der Waals surface area contributed by atoms with E-state index in [9.17, 15) is 9.59 Å². The first-order valence-corrected chi connectivity index (χ1v) is 5.17. The average Bonchev–Trinajstić information content (AvgIpc) is 2.97. The number of hydrogen-bond acceptors (Lipinski definition) is 2. The summed E-state index contributed by atoms with van der Waals surface area (Å²) in [4.78, 5) is 23.8. The van der Waals surface area contributed by atoms with E-state index < -0.39 is 5.97 Å². The molecule has 0 aliphatic heterocycles. The van der Waals surface area contributed by atoms with Crippen LogP contribution in [0.25, 0.3) is 0 Å². The van der Waals surface area contributed by atoms with Crippen molar-refractivity contribution in [3.63, 3.8) is 0 Å². The molecule has 0 saturated heterocycles. The Morgan fingerprint density at radius 1 is 1.60 bits per heavy atom. The molecule has 0 aromatic carbocycles. The maximum atomic E-state index is 11.9. The van der Waals surface area contributed by atoms with Crippen molar-refractivity contribution in [3.05, 3.63) is 12.7 Å². The Hall–Kier alpha value is -1.32. The van der Waals surface area contributed by atoms with Gasteiger partial charge in [-0.05, 0) is 18.8 Å². The second-order valence-corrected chi connectivity index (χ2v) is 4.03. The van der Waals surface area contributed by atoms with E-state index in [4.69, 9.17) is 5.11 Å². The molecule has 1 atom stereocenters. The highest BCUT2D eigenvalue weighted by Crippen LogP contribution is 2.37. The number of carboxylic acid groups (broad SMARTS) is 1. The minimum absolute atomic E-state index is 0.0516. The van der Waals surface area contributed by atoms with Crippen LogP contribution >= 0.6 is 0 Å². The fraction of sp³-hybridized carbons (Fsp3) is 0.636. The van der Waals surface area contributed by atoms with Crippen LogP contribution < -0.4 is 0 Å². The SMILES string of the molecule is C=CCN(CC(=O)O)C(=O)C(C)C1CC1. The van der Waals surface area contributed by atoms with Crippen LogP contribution in [-0.4, -0.2) is 35.0 Å². The zero-order valence-corrected chi connectivity index (χ0v) is 8.98. The Morgan fingerprint density at radius 2 is 2.20 bits per heavy atom. The van der Waals surface area contributed by atoms with Gasteiger partial charge < -0.3 is 10.0 Å². The van der Waals surface area contributed by atoms with E-state index in [0.29, 0.717) is 12.5 Å². The van der Waals surface area contributed by atoms with Gasteiger partial charge in [-0.15, -0.1) is 6.58 Å². The van der Waals surface area contributed by atoms with Crippen molar-refractivity contribution >= 4 is 11.9 Å². The quantitative estimate of drug-likeness (QED) is 0.670. The number of rotatable bonds is 6. The van der Waals surface area contributed by atoms with E-state index in [0.717, 1.165) is 12.8 Å². The molecule has 0 heterocycles. The molecule has 1 fully saturated rings. The molecule has 84 valence electrons. The first kappa shape index (κ1) is 11.8. The number of amides is 1. The van der Waals surface area contributed by atoms with Crippen molar-refractivity contribution in [2.24, 2.45) is 11.8 Å². The third kappa shape index (κ3) is 3.38. The summed E-state index contributed by atoms with van der Waals surface area (Å²) in [5.41, 5.74) is 0. The molecule has 4 heteroatoms. The van der Waals surface area contributed by atoms with Gasteiger partial charge in [0.1, 0.15) is 6.54 Å². The first-order valence-electron chi connectivity index (χ1n) is 5.17. The van der Waals surface area contributed by atoms with Gasteiger partial charge in [0.15, 0.2) is 0 Å². The van der Waals surface area contributed by atoms with Crippen LogP contribution in [0.2, 0.25) is 0 Å². The predicted molar refractivity (Wildman–Crippen MR) is 56.3 cm³/mol. The van der Waals surface area contributed by atoms with Gasteiger partial charge in [-0.1, -0.05) is 13.0 Å². The Balaban J connectivity index is 2.56. The number of carbonyl (C=O) groups is 2. The molecule has 0 bridgehead atoms. The number of hydrogen-bond donors (Lipinski definition) is 1. The normalized spacial score (nSPS) is 16.9. The van der Waals surface area contributed by atoms with Gasteiger partial charge in [-0.2, -0.15) is 0 Å². The summed E-state index contributed by atoms with van der Waals surface area (Å²) < 4.78 is 0. The summed E-state index contributed by atoms with van der Waals surface area (Å²) in [5, 5.41) is 8.67. The number of carboxylic acids is 1. The molecule has 1 amide bonds. The Bertz CT molecular complexity index is 271. The zero-order valence-electron chi connectivity index (χ0n) is 8.98. The molecular weight excluding hydrogens is 194 g/mol. The van der Waals surface area contributed by atoms with Crippen LogP contribution in [0, 0.1) is 11.8 Å². The highest BCUT2D eigenvalue weighted by atomic mass is 16.4. The van der Waals surface area contributed by atoms with Crippen molar-refractivity contribution in [1.82, 2.24) is 4.90 Å². The average molecular weight is 211 g/mol. The largest absolute Gasteiger partial charge is 0.480 e. The molecule has 1 saturated carbocycles. The molecule has 1 N–H and O–H groups in total. The standard InChI is InChI=1S/C11H17NO3/c1-3-6-12(7-10(13)14)11(15)8(2)9-4-5-9/h3,8-9H,1,4-7H2,2H3,(H,13,14). The minimum Gasteiger partial charge on any atom is -0.480 e. The molecule has 15 heavy (non-hydrogen) atoms. The van der Waals surface area contributed by atoms with Gasteiger partial charge in [-0.25, -0.2) is 0 Å². The highest BCUT2D eigenvalue weighted by molar-refractivity contribution is 5.83. The lowest BCUT2D eigenvalue weighted by Gasteiger charge is -2.22. The zero-order chi connectivity index (χ0) is 11.4. The summed E-state index contributed by atoms with van der Waals surface area (Å²) >= 11 is 0. The summed E-state index contributed by atoms with van der Waals surface area (Å²) in [5.74, 6) is -0.643. The molecular formula is C11H17NO3. The maximum Gasteiger partial charge on any atom is 0.323 e. The van der Waals surface area contributed by atoms with Crippen LogP contribution in [0.4, 0.5) is 0 Å². The molecule has 0 radical (unpaired) electrons. The molecule has 1 aliphatic rings. The van der Waals surface area contributed by atoms with E-state index in [2.05, 4.69) is 6.58 Å². The van der Waals surface area contributed by atoms with E-state index in [1.54, 1.807) is 6.08 Å². The summed E-state index contributed by atoms with van der Waals surface area (Å²) in [6, 6.07) is 0. The third-order valence-electron chi connectivity index (χ3n) is 2.71. The van der Waals surface area contributed by atoms with Crippen molar-refractivity contribution in [3.8, 4) is 0 Å². The van der Waals surface area contributed by atoms with Crippen molar-refractivity contribution in [2.75, 3.05) is 13.1 Å². The van der Waals surface area contributed by atoms with Crippen LogP contribution in [0.1, 0.15) is 19.8 Å². The van der Waals surface area contributed by atoms with Gasteiger partial charge in [0.05, 0.1) is 0 Å². The minimum atomic E-state index is -0.979. The predicted octanol–water partition coefficient (Wildman–Crippen LogP) is 1.13. The van der Waals surface area contributed by atoms with Gasteiger partial charge >= 0.3 is 5.97 Å². The van der Waals surface area contributed by atoms with Crippen LogP contribution in [-0.2, 0) is 9.59 Å². The fourth-order valence-corrected chi connectivity index (χ4v) is 1.64. The lowest BCUT2D eigenvalue weighted by molar-refractivity contribution is -0.145. The monoisotopic (exact) mass is 211 g/mol. The topological polar surface area (TPSA) is 57.6 Å². The summed E-state index contributed by atoms with van der Waals surface area (Å²) in [6.45, 7) is 5.47. The molecule has 0 aromatic rings. The van der Waals surface area contributed by atoms with E-state index in [-0.39, 0.29) is 18.4 Å². The summed E-state index contributed by atoms with van der Waals surface area (Å²) in [7, 11) is 0. The third-order valence-corrected chi connectivity index (χ3v) is 2.71. The number of carbonyl (C=O) groups excluding carboxylic acids is 1. The Kier molecular flexibility index (Phi) is 3.88. The molecule has 1 aliphatic carbocycles. The van der Waals surface area contributed by atoms with Gasteiger partial charge in [0, 0.05) is 12.5 Å². The smallest absolute Gasteiger partial charge is 0.323 e. The molecule has 1 unspecified atom stereocenters. The lowest BCUT2D eigenvalue weighted by Crippen LogP contribution is -2.39. The van der Waals surface area contributed by atoms with E-state index in [1.807, 2.05) is 6.92 Å². The Labute approximate surface area is 89.6 Å². The molecule has 4 nitrogen and oxygen atoms in total. The number of nitrogens with zero attached hydrogens (tertiary/aromatic N) is 1. The molecule has 0 aromatic heterocycles. The maximum absolute atomic E-state index is 11.9. The summed E-state index contributed by atoms with van der Waals surface area (Å²) in [6.07, 6.45) is 3.73. The molecule has 1 rings (SSSR count). The lowest BCUT2D eigenvalue weighted by atomic mass is 10.0. The van der Waals surface area contributed by atoms with Crippen LogP contribution in [0.5, 0.6) is 0 Å². The highest BCUT2D eigenvalue weighted by Gasteiger charge is 2.34. The fourth-order valence-electron chi connectivity index (χ4n) is 1.64. The van der Waals surface area contributed by atoms with Gasteiger partial charge in [0.2, 0.25) is 5.91 Å². The number of aliphatic carboxylic acids is 1. The van der Waals surface area contributed by atoms with Crippen molar-refractivity contribution in [1.29, 1.82) is 0 Å². The van der Waals surface area contributed by atoms with Crippen LogP contribution in [0.15, 0.2) is 12.7 Å². The van der Waals surface area contributed by atoms with Gasteiger partial charge in [0.25, 0.3) is 0 Å².